The quantitative estimate of drug-likeness (QED) is 0.578. The van der Waals surface area contributed by atoms with Crippen molar-refractivity contribution in [3.8, 4) is 0 Å². The third-order valence-corrected chi connectivity index (χ3v) is 2.32. The molecule has 1 aliphatic rings. The highest BCUT2D eigenvalue weighted by molar-refractivity contribution is 5.31. The SMILES string of the molecule is CCC1=CC=C(C(C)C)C=CC1. The Labute approximate surface area is 75.7 Å². The van der Waals surface area contributed by atoms with Crippen LogP contribution in [0.25, 0.3) is 0 Å². The highest BCUT2D eigenvalue weighted by Crippen LogP contribution is 2.18. The van der Waals surface area contributed by atoms with Crippen molar-refractivity contribution in [3.05, 3.63) is 35.5 Å². The fraction of sp³-hybridized carbons (Fsp3) is 0.500. The molecule has 0 heteroatoms. The standard InChI is InChI=1S/C12H18/c1-4-11-6-5-7-12(9-8-11)10(2)3/h5,7-10H,4,6H2,1-3H3. The van der Waals surface area contributed by atoms with Gasteiger partial charge >= 0.3 is 0 Å². The maximum atomic E-state index is 2.27. The van der Waals surface area contributed by atoms with Crippen molar-refractivity contribution >= 4 is 0 Å². The smallest absolute Gasteiger partial charge is 0.0133 e. The zero-order valence-electron chi connectivity index (χ0n) is 8.30. The Kier molecular flexibility index (Phi) is 3.33. The van der Waals surface area contributed by atoms with Gasteiger partial charge in [0.15, 0.2) is 0 Å². The molecule has 0 spiro atoms. The minimum Gasteiger partial charge on any atom is -0.0802 e. The lowest BCUT2D eigenvalue weighted by Gasteiger charge is -2.02. The van der Waals surface area contributed by atoms with Gasteiger partial charge in [-0.15, -0.1) is 0 Å². The van der Waals surface area contributed by atoms with Crippen LogP contribution in [0.15, 0.2) is 35.5 Å². The predicted octanol–water partition coefficient (Wildman–Crippen LogP) is 3.87. The number of hydrogen-bond donors (Lipinski definition) is 0. The van der Waals surface area contributed by atoms with E-state index in [1.807, 2.05) is 0 Å². The van der Waals surface area contributed by atoms with Crippen molar-refractivity contribution in [3.63, 3.8) is 0 Å². The van der Waals surface area contributed by atoms with Gasteiger partial charge in [0, 0.05) is 0 Å². The van der Waals surface area contributed by atoms with E-state index in [0.29, 0.717) is 5.92 Å². The van der Waals surface area contributed by atoms with E-state index in [1.54, 1.807) is 0 Å². The minimum atomic E-state index is 0.647. The zero-order valence-corrected chi connectivity index (χ0v) is 8.30. The normalized spacial score (nSPS) is 17.3. The molecule has 0 unspecified atom stereocenters. The van der Waals surface area contributed by atoms with E-state index < -0.39 is 0 Å². The molecule has 0 saturated heterocycles. The van der Waals surface area contributed by atoms with E-state index in [9.17, 15) is 0 Å². The van der Waals surface area contributed by atoms with Crippen molar-refractivity contribution in [2.45, 2.75) is 33.6 Å². The minimum absolute atomic E-state index is 0.647. The molecule has 0 bridgehead atoms. The molecule has 0 nitrogen and oxygen atoms in total. The summed E-state index contributed by atoms with van der Waals surface area (Å²) < 4.78 is 0. The maximum absolute atomic E-state index is 2.27. The van der Waals surface area contributed by atoms with Gasteiger partial charge in [-0.25, -0.2) is 0 Å². The van der Waals surface area contributed by atoms with Crippen LogP contribution >= 0.6 is 0 Å². The van der Waals surface area contributed by atoms with Gasteiger partial charge in [0.1, 0.15) is 0 Å². The van der Waals surface area contributed by atoms with E-state index in [0.717, 1.165) is 6.42 Å². The lowest BCUT2D eigenvalue weighted by Crippen LogP contribution is -1.88. The average molecular weight is 162 g/mol. The molecule has 0 heterocycles. The van der Waals surface area contributed by atoms with E-state index in [1.165, 1.54) is 17.6 Å². The van der Waals surface area contributed by atoms with Crippen LogP contribution in [0, 0.1) is 5.92 Å². The lowest BCUT2D eigenvalue weighted by molar-refractivity contribution is 0.792. The fourth-order valence-corrected chi connectivity index (χ4v) is 1.33. The van der Waals surface area contributed by atoms with Crippen LogP contribution in [0.5, 0.6) is 0 Å². The molecule has 0 aromatic carbocycles. The molecule has 1 aliphatic carbocycles. The monoisotopic (exact) mass is 162 g/mol. The lowest BCUT2D eigenvalue weighted by atomic mass is 10.0. The molecule has 1 rings (SSSR count). The van der Waals surface area contributed by atoms with Gasteiger partial charge in [-0.2, -0.15) is 0 Å². The summed E-state index contributed by atoms with van der Waals surface area (Å²) in [5.41, 5.74) is 2.97. The summed E-state index contributed by atoms with van der Waals surface area (Å²) >= 11 is 0. The Morgan fingerprint density at radius 1 is 1.33 bits per heavy atom. The molecular weight excluding hydrogens is 144 g/mol. The molecule has 0 saturated carbocycles. The molecule has 0 aliphatic heterocycles. The Balaban J connectivity index is 2.78. The van der Waals surface area contributed by atoms with Gasteiger partial charge in [0.05, 0.1) is 0 Å². The van der Waals surface area contributed by atoms with Crippen molar-refractivity contribution in [2.24, 2.45) is 5.92 Å². The van der Waals surface area contributed by atoms with E-state index in [2.05, 4.69) is 45.1 Å². The van der Waals surface area contributed by atoms with E-state index in [-0.39, 0.29) is 0 Å². The van der Waals surface area contributed by atoms with Crippen molar-refractivity contribution in [1.82, 2.24) is 0 Å². The zero-order chi connectivity index (χ0) is 8.97. The summed E-state index contributed by atoms with van der Waals surface area (Å²) in [6.45, 7) is 6.69. The fourth-order valence-electron chi connectivity index (χ4n) is 1.33. The van der Waals surface area contributed by atoms with Crippen molar-refractivity contribution in [2.75, 3.05) is 0 Å². The largest absolute Gasteiger partial charge is 0.0802 e. The van der Waals surface area contributed by atoms with Crippen LogP contribution in [-0.2, 0) is 0 Å². The Morgan fingerprint density at radius 3 is 2.67 bits per heavy atom. The first-order valence-electron chi connectivity index (χ1n) is 4.80. The van der Waals surface area contributed by atoms with Crippen LogP contribution in [0.1, 0.15) is 33.6 Å². The van der Waals surface area contributed by atoms with Gasteiger partial charge in [-0.3, -0.25) is 0 Å². The summed E-state index contributed by atoms with van der Waals surface area (Å²) in [4.78, 5) is 0. The van der Waals surface area contributed by atoms with Crippen molar-refractivity contribution < 1.29 is 0 Å². The summed E-state index contributed by atoms with van der Waals surface area (Å²) in [6, 6.07) is 0. The second-order valence-electron chi connectivity index (χ2n) is 3.61. The average Bonchev–Trinajstić information content (AvgIpc) is 2.28. The molecule has 0 atom stereocenters. The first kappa shape index (κ1) is 9.31. The maximum Gasteiger partial charge on any atom is -0.0133 e. The molecule has 66 valence electrons. The molecule has 0 amide bonds. The third-order valence-electron chi connectivity index (χ3n) is 2.32. The van der Waals surface area contributed by atoms with Crippen molar-refractivity contribution in [1.29, 1.82) is 0 Å². The van der Waals surface area contributed by atoms with Gasteiger partial charge in [0.2, 0.25) is 0 Å². The third kappa shape index (κ3) is 2.37. The molecule has 0 aromatic heterocycles. The van der Waals surface area contributed by atoms with Crippen LogP contribution in [0.2, 0.25) is 0 Å². The van der Waals surface area contributed by atoms with Gasteiger partial charge in [-0.1, -0.05) is 50.6 Å². The van der Waals surface area contributed by atoms with Crippen LogP contribution < -0.4 is 0 Å². The van der Waals surface area contributed by atoms with Crippen LogP contribution in [0.3, 0.4) is 0 Å². The topological polar surface area (TPSA) is 0 Å². The van der Waals surface area contributed by atoms with Gasteiger partial charge < -0.3 is 0 Å². The highest BCUT2D eigenvalue weighted by atomic mass is 14.1. The molecule has 12 heavy (non-hydrogen) atoms. The molecular formula is C12H18. The van der Waals surface area contributed by atoms with Crippen LogP contribution in [0.4, 0.5) is 0 Å². The predicted molar refractivity (Wildman–Crippen MR) is 55.1 cm³/mol. The highest BCUT2D eigenvalue weighted by Gasteiger charge is 2.00. The second-order valence-corrected chi connectivity index (χ2v) is 3.61. The summed E-state index contributed by atoms with van der Waals surface area (Å²) in [6.07, 6.45) is 11.4. The summed E-state index contributed by atoms with van der Waals surface area (Å²) in [7, 11) is 0. The van der Waals surface area contributed by atoms with Gasteiger partial charge in [-0.05, 0) is 24.3 Å². The summed E-state index contributed by atoms with van der Waals surface area (Å²) in [5, 5.41) is 0. The Hall–Kier alpha value is -0.780. The Bertz CT molecular complexity index is 226. The van der Waals surface area contributed by atoms with Gasteiger partial charge in [0.25, 0.3) is 0 Å². The summed E-state index contributed by atoms with van der Waals surface area (Å²) in [5.74, 6) is 0.647. The molecule has 0 fully saturated rings. The molecule has 0 aromatic rings. The second kappa shape index (κ2) is 4.30. The molecule has 0 N–H and O–H groups in total. The van der Waals surface area contributed by atoms with Crippen LogP contribution in [-0.4, -0.2) is 0 Å². The number of hydrogen-bond acceptors (Lipinski definition) is 0. The van der Waals surface area contributed by atoms with E-state index in [4.69, 9.17) is 0 Å². The first-order valence-corrected chi connectivity index (χ1v) is 4.80. The Morgan fingerprint density at radius 2 is 2.08 bits per heavy atom. The first-order chi connectivity index (χ1) is 5.74. The molecule has 0 radical (unpaired) electrons. The van der Waals surface area contributed by atoms with E-state index >= 15 is 0 Å². The number of allylic oxidation sites excluding steroid dienone is 6. The number of rotatable bonds is 2.